The van der Waals surface area contributed by atoms with Gasteiger partial charge < -0.3 is 20.2 Å². The number of aromatic amines is 1. The fourth-order valence-corrected chi connectivity index (χ4v) is 5.30. The summed E-state index contributed by atoms with van der Waals surface area (Å²) in [5, 5.41) is 6.16. The van der Waals surface area contributed by atoms with Crippen LogP contribution in [0, 0.1) is 27.7 Å². The minimum absolute atomic E-state index is 0.0383. The maximum atomic E-state index is 13.9. The number of imidazole rings is 1. The third kappa shape index (κ3) is 5.72. The maximum absolute atomic E-state index is 13.9. The number of aromatic nitrogens is 3. The highest BCUT2D eigenvalue weighted by atomic mass is 19.4. The number of fused-ring (bicyclic) bond motifs is 1. The number of nitrogens with zero attached hydrogens (tertiary/aromatic N) is 3. The Bertz CT molecular complexity index is 2000. The molecule has 1 aliphatic rings. The molecule has 0 atom stereocenters. The van der Waals surface area contributed by atoms with Crippen molar-refractivity contribution in [3.05, 3.63) is 119 Å². The van der Waals surface area contributed by atoms with E-state index in [0.29, 0.717) is 40.4 Å². The van der Waals surface area contributed by atoms with Gasteiger partial charge >= 0.3 is 6.18 Å². The molecule has 0 fully saturated rings. The van der Waals surface area contributed by atoms with Crippen molar-refractivity contribution in [2.45, 2.75) is 26.9 Å². The van der Waals surface area contributed by atoms with E-state index in [2.05, 4.69) is 27.5 Å². The van der Waals surface area contributed by atoms with Gasteiger partial charge in [0.15, 0.2) is 0 Å². The number of H-pyrrole nitrogens is 1. The normalized spacial score (nSPS) is 13.6. The summed E-state index contributed by atoms with van der Waals surface area (Å²) in [6.45, 7) is 9.67. The van der Waals surface area contributed by atoms with Crippen LogP contribution in [-0.4, -0.2) is 26.9 Å². The quantitative estimate of drug-likeness (QED) is 0.129. The van der Waals surface area contributed by atoms with Crippen LogP contribution >= 0.6 is 0 Å². The van der Waals surface area contributed by atoms with Crippen LogP contribution in [0.25, 0.3) is 17.3 Å². The van der Waals surface area contributed by atoms with Crippen molar-refractivity contribution in [3.63, 3.8) is 0 Å². The van der Waals surface area contributed by atoms with Gasteiger partial charge in [-0.1, -0.05) is 12.1 Å². The zero-order valence-corrected chi connectivity index (χ0v) is 24.6. The summed E-state index contributed by atoms with van der Waals surface area (Å²) in [4.78, 5) is 33.7. The van der Waals surface area contributed by atoms with E-state index in [9.17, 15) is 22.8 Å². The molecule has 3 N–H and O–H groups in total. The van der Waals surface area contributed by atoms with Crippen LogP contribution in [0.3, 0.4) is 0 Å². The van der Waals surface area contributed by atoms with Crippen molar-refractivity contribution in [1.82, 2.24) is 14.5 Å². The number of amides is 2. The van der Waals surface area contributed by atoms with Crippen LogP contribution in [0.2, 0.25) is 0 Å². The summed E-state index contributed by atoms with van der Waals surface area (Å²) >= 11 is 0. The van der Waals surface area contributed by atoms with Crippen molar-refractivity contribution in [3.8, 4) is 5.69 Å². The first-order valence-corrected chi connectivity index (χ1v) is 13.9. The van der Waals surface area contributed by atoms with Crippen LogP contribution in [0.1, 0.15) is 39.3 Å². The number of carbonyl (C=O) groups excluding carboxylic acids is 2. The summed E-state index contributed by atoms with van der Waals surface area (Å²) < 4.78 is 43.0. The lowest BCUT2D eigenvalue weighted by molar-refractivity contribution is -0.137. The number of nitrogens with one attached hydrogen (secondary N) is 3. The third-order valence-electron chi connectivity index (χ3n) is 7.76. The summed E-state index contributed by atoms with van der Waals surface area (Å²) in [6, 6.07) is 15.6. The van der Waals surface area contributed by atoms with E-state index in [0.717, 1.165) is 45.1 Å². The molecule has 6 rings (SSSR count). The fourth-order valence-electron chi connectivity index (χ4n) is 5.30. The molecule has 3 heterocycles. The van der Waals surface area contributed by atoms with Gasteiger partial charge in [-0.25, -0.2) is 4.98 Å². The van der Waals surface area contributed by atoms with Gasteiger partial charge in [0.25, 0.3) is 5.91 Å². The van der Waals surface area contributed by atoms with Crippen molar-refractivity contribution in [2.24, 2.45) is 0 Å². The predicted molar refractivity (Wildman–Crippen MR) is 169 cm³/mol. The second-order valence-corrected chi connectivity index (χ2v) is 10.8. The number of hydrogen-bond donors (Lipinski definition) is 3. The average molecular weight is 610 g/mol. The van der Waals surface area contributed by atoms with Gasteiger partial charge in [0.2, 0.25) is 6.41 Å². The minimum atomic E-state index is -4.63. The van der Waals surface area contributed by atoms with E-state index in [1.807, 2.05) is 32.1 Å². The molecule has 227 valence electrons. The summed E-state index contributed by atoms with van der Waals surface area (Å²) in [5.41, 5.74) is 7.11. The van der Waals surface area contributed by atoms with Gasteiger partial charge in [-0.15, -0.1) is 0 Å². The Morgan fingerprint density at radius 1 is 1.00 bits per heavy atom. The largest absolute Gasteiger partial charge is 0.416 e. The number of hydrogen-bond acceptors (Lipinski definition) is 4. The Hall–Kier alpha value is -5.58. The molecule has 0 saturated carbocycles. The molecule has 8 nitrogen and oxygen atoms in total. The Morgan fingerprint density at radius 2 is 1.78 bits per heavy atom. The summed E-state index contributed by atoms with van der Waals surface area (Å²) in [5.74, 6) is -0.227. The van der Waals surface area contributed by atoms with Gasteiger partial charge in [-0.3, -0.25) is 14.5 Å². The smallest absolute Gasteiger partial charge is 0.359 e. The molecule has 5 aromatic rings. The van der Waals surface area contributed by atoms with Crippen LogP contribution in [-0.2, 0) is 15.8 Å². The van der Waals surface area contributed by atoms with Gasteiger partial charge in [0, 0.05) is 40.2 Å². The molecular weight excluding hydrogens is 581 g/mol. The number of rotatable bonds is 7. The molecule has 45 heavy (non-hydrogen) atoms. The van der Waals surface area contributed by atoms with Crippen molar-refractivity contribution in [1.29, 1.82) is 0 Å². The molecule has 11 heteroatoms. The molecule has 0 bridgehead atoms. The number of alkyl halides is 3. The number of carbonyl (C=O) groups is 2. The Labute approximate surface area is 257 Å². The minimum Gasteiger partial charge on any atom is -0.359 e. The lowest BCUT2D eigenvalue weighted by Crippen LogP contribution is -2.16. The monoisotopic (exact) mass is 609 g/mol. The molecule has 0 unspecified atom stereocenters. The van der Waals surface area contributed by atoms with E-state index in [1.54, 1.807) is 43.5 Å². The van der Waals surface area contributed by atoms with E-state index < -0.39 is 11.7 Å². The lowest BCUT2D eigenvalue weighted by atomic mass is 10.0. The zero-order chi connectivity index (χ0) is 32.0. The topological polar surface area (TPSA) is 95.0 Å². The summed E-state index contributed by atoms with van der Waals surface area (Å²) in [6.07, 6.45) is 0.680. The van der Waals surface area contributed by atoms with Gasteiger partial charge in [-0.2, -0.15) is 13.2 Å². The van der Waals surface area contributed by atoms with E-state index in [-0.39, 0.29) is 17.3 Å². The predicted octanol–water partition coefficient (Wildman–Crippen LogP) is 7.86. The fraction of sp³-hybridized carbons (Fsp3) is 0.118. The Morgan fingerprint density at radius 3 is 2.44 bits per heavy atom. The van der Waals surface area contributed by atoms with Crippen molar-refractivity contribution >= 4 is 52.4 Å². The molecule has 0 spiro atoms. The Balaban J connectivity index is 1.29. The highest BCUT2D eigenvalue weighted by molar-refractivity contribution is 6.35. The maximum Gasteiger partial charge on any atom is 0.416 e. The number of aryl methyl sites for hydroxylation is 2. The van der Waals surface area contributed by atoms with Crippen molar-refractivity contribution in [2.75, 3.05) is 15.5 Å². The average Bonchev–Trinajstić information content (AvgIpc) is 3.64. The highest BCUT2D eigenvalue weighted by Gasteiger charge is 2.32. The summed E-state index contributed by atoms with van der Waals surface area (Å²) in [7, 11) is 0. The standard InChI is InChI=1S/C34H28F3N6O2/c1-19-16-42(17-38-19)27-10-23(34(35,36)37)11-28(14-27)43(18-44)26-7-5-6-24(12-26)40-25-8-9-29-30(33(45)41-32(29)13-25)15-31-21(3)20(2)22(4)39-31/h5-18,39-40H,2H2,1,3-4H3,(H,41,45). The first-order valence-electron chi connectivity index (χ1n) is 13.9. The number of halogens is 3. The van der Waals surface area contributed by atoms with Gasteiger partial charge in [0.1, 0.15) is 0 Å². The SMILES string of the molecule is [CH2]c1c(C)[nH]c(C=C2C(=O)Nc3cc(Nc4cccc(N(C=O)c5cc(-n6cnc(C)c6)cc(C(F)(F)F)c5)c4)ccc32)c1C. The van der Waals surface area contributed by atoms with Gasteiger partial charge in [-0.05, 0) is 93.4 Å². The molecule has 1 radical (unpaired) electrons. The molecule has 1 aliphatic heterocycles. The Kier molecular flexibility index (Phi) is 7.32. The van der Waals surface area contributed by atoms with E-state index >= 15 is 0 Å². The molecule has 0 aliphatic carbocycles. The molecule has 0 saturated heterocycles. The first kappa shape index (κ1) is 29.5. The van der Waals surface area contributed by atoms with Crippen LogP contribution in [0.15, 0.2) is 73.2 Å². The van der Waals surface area contributed by atoms with Crippen molar-refractivity contribution < 1.29 is 22.8 Å². The zero-order valence-electron chi connectivity index (χ0n) is 24.6. The second kappa shape index (κ2) is 11.2. The molecule has 2 aromatic heterocycles. The number of anilines is 5. The molecule has 2 amide bonds. The second-order valence-electron chi connectivity index (χ2n) is 10.8. The molecular formula is C34H28F3N6O2. The van der Waals surface area contributed by atoms with Crippen LogP contribution < -0.4 is 15.5 Å². The van der Waals surface area contributed by atoms with E-state index in [1.165, 1.54) is 17.0 Å². The third-order valence-corrected chi connectivity index (χ3v) is 7.76. The van der Waals surface area contributed by atoms with Gasteiger partial charge in [0.05, 0.1) is 40.2 Å². The van der Waals surface area contributed by atoms with Crippen LogP contribution in [0.5, 0.6) is 0 Å². The van der Waals surface area contributed by atoms with Crippen LogP contribution in [0.4, 0.5) is 41.6 Å². The first-order chi connectivity index (χ1) is 21.4. The van der Waals surface area contributed by atoms with E-state index in [4.69, 9.17) is 0 Å². The lowest BCUT2D eigenvalue weighted by Gasteiger charge is -2.21. The number of benzene rings is 3. The molecule has 3 aromatic carbocycles. The highest BCUT2D eigenvalue weighted by Crippen LogP contribution is 2.38.